The molecule has 2 N–H and O–H groups in total. The largest absolute Gasteiger partial charge is 0.464 e. The normalized spacial score (nSPS) is 26.8. The van der Waals surface area contributed by atoms with Crippen LogP contribution in [-0.4, -0.2) is 163 Å². The molecule has 0 spiro atoms. The first-order chi connectivity index (χ1) is 35.9. The molecule has 11 rings (SSSR count). The number of hydrogen-bond acceptors (Lipinski definition) is 16. The Kier molecular flexibility index (Phi) is 15.1. The van der Waals surface area contributed by atoms with Crippen molar-refractivity contribution in [1.29, 1.82) is 5.26 Å². The maximum Gasteiger partial charge on any atom is 0.324 e. The second-order valence-electron chi connectivity index (χ2n) is 22.2. The zero-order valence-corrected chi connectivity index (χ0v) is 44.2. The summed E-state index contributed by atoms with van der Waals surface area (Å²) < 4.78 is 32.8. The molecule has 1 saturated carbocycles. The number of methoxy groups -OCH3 is 1. The third kappa shape index (κ3) is 10.7. The molecular weight excluding hydrogens is 961 g/mol. The number of hydrazine groups is 1. The summed E-state index contributed by atoms with van der Waals surface area (Å²) in [5.74, 6) is -1.45. The van der Waals surface area contributed by atoms with Crippen molar-refractivity contribution in [2.75, 3.05) is 90.9 Å². The van der Waals surface area contributed by atoms with Crippen LogP contribution in [0.4, 0.5) is 5.69 Å². The van der Waals surface area contributed by atoms with Crippen LogP contribution in [0, 0.1) is 22.7 Å². The van der Waals surface area contributed by atoms with Gasteiger partial charge in [-0.1, -0.05) is 19.9 Å². The molecule has 1 aromatic carbocycles. The molecule has 3 aromatic heterocycles. The number of carbonyl (C=O) groups excluding carboxylic acids is 3. The van der Waals surface area contributed by atoms with E-state index in [0.717, 1.165) is 95.4 Å². The summed E-state index contributed by atoms with van der Waals surface area (Å²) in [5, 5.41) is 18.4. The third-order valence-corrected chi connectivity index (χ3v) is 17.3. The summed E-state index contributed by atoms with van der Waals surface area (Å²) >= 11 is 1.44. The number of piperazine rings is 1. The lowest BCUT2D eigenvalue weighted by atomic mass is 9.84. The van der Waals surface area contributed by atoms with Crippen molar-refractivity contribution in [2.45, 2.75) is 128 Å². The van der Waals surface area contributed by atoms with Crippen molar-refractivity contribution in [3.8, 4) is 28.6 Å². The summed E-state index contributed by atoms with van der Waals surface area (Å²) in [5.41, 5.74) is 10.4. The zero-order chi connectivity index (χ0) is 51.1. The number of nitrogens with one attached hydrogen (secondary N) is 2. The minimum atomic E-state index is -1.10. The summed E-state index contributed by atoms with van der Waals surface area (Å²) in [7, 11) is 1.73. The Hall–Kier alpha value is -5.04. The van der Waals surface area contributed by atoms with E-state index in [-0.39, 0.29) is 36.5 Å². The van der Waals surface area contributed by atoms with Gasteiger partial charge in [0.1, 0.15) is 23.2 Å². The lowest BCUT2D eigenvalue weighted by Gasteiger charge is -2.39. The highest BCUT2D eigenvalue weighted by Crippen LogP contribution is 2.44. The first kappa shape index (κ1) is 51.1. The number of ether oxygens (including phenoxy) is 5. The highest BCUT2D eigenvalue weighted by Gasteiger charge is 2.45. The number of carbonyl (C=O) groups is 3. The van der Waals surface area contributed by atoms with Crippen LogP contribution in [0.3, 0.4) is 0 Å². The Morgan fingerprint density at radius 1 is 1.01 bits per heavy atom. The van der Waals surface area contributed by atoms with Crippen LogP contribution in [0.1, 0.15) is 101 Å². The van der Waals surface area contributed by atoms with Crippen LogP contribution in [0.2, 0.25) is 0 Å². The molecular formula is C55H72N10O8S. The third-order valence-electron chi connectivity index (χ3n) is 16.4. The lowest BCUT2D eigenvalue weighted by Crippen LogP contribution is -2.63. The number of rotatable bonds is 12. The molecule has 9 heterocycles. The summed E-state index contributed by atoms with van der Waals surface area (Å²) in [6, 6.07) is 9.41. The number of amides is 2. The maximum absolute atomic E-state index is 15.1. The molecule has 19 heteroatoms. The van der Waals surface area contributed by atoms with Gasteiger partial charge in [0.25, 0.3) is 5.91 Å². The number of nitriles is 1. The van der Waals surface area contributed by atoms with Crippen molar-refractivity contribution in [1.82, 2.24) is 40.1 Å². The highest BCUT2D eigenvalue weighted by molar-refractivity contribution is 7.10. The van der Waals surface area contributed by atoms with Crippen molar-refractivity contribution < 1.29 is 38.1 Å². The minimum absolute atomic E-state index is 0.114. The van der Waals surface area contributed by atoms with Gasteiger partial charge in [-0.25, -0.2) is 10.4 Å². The molecule has 2 amide bonds. The second kappa shape index (κ2) is 21.9. The van der Waals surface area contributed by atoms with Crippen LogP contribution in [-0.2, 0) is 51.0 Å². The number of esters is 1. The van der Waals surface area contributed by atoms with E-state index in [2.05, 4.69) is 81.1 Å². The summed E-state index contributed by atoms with van der Waals surface area (Å²) in [4.78, 5) is 61.1. The minimum Gasteiger partial charge on any atom is -0.464 e. The fraction of sp³-hybridized carbons (Fsp3) is 0.636. The first-order valence-corrected chi connectivity index (χ1v) is 28.0. The number of benzene rings is 1. The number of nitrogens with zero attached hydrogens (tertiary/aromatic N) is 8. The number of thiazole rings is 1. The number of cyclic esters (lactones) is 1. The van der Waals surface area contributed by atoms with Gasteiger partial charge in [0.15, 0.2) is 0 Å². The number of hydrogen-bond donors (Lipinski definition) is 2. The highest BCUT2D eigenvalue weighted by atomic mass is 32.1. The molecule has 0 radical (unpaired) electrons. The van der Waals surface area contributed by atoms with E-state index in [4.69, 9.17) is 33.7 Å². The molecule has 74 heavy (non-hydrogen) atoms. The van der Waals surface area contributed by atoms with Gasteiger partial charge >= 0.3 is 5.97 Å². The molecule has 4 aromatic rings. The summed E-state index contributed by atoms with van der Waals surface area (Å²) in [6.07, 6.45) is 8.16. The van der Waals surface area contributed by atoms with Gasteiger partial charge in [-0.2, -0.15) is 5.26 Å². The van der Waals surface area contributed by atoms with E-state index in [9.17, 15) is 14.9 Å². The molecule has 1 aliphatic carbocycles. The Balaban J connectivity index is 1.07. The van der Waals surface area contributed by atoms with Crippen molar-refractivity contribution >= 4 is 45.7 Å². The molecule has 6 fully saturated rings. The topological polar surface area (TPSA) is 189 Å². The molecule has 5 saturated heterocycles. The Bertz CT molecular complexity index is 2740. The molecule has 7 aliphatic rings. The fourth-order valence-corrected chi connectivity index (χ4v) is 12.9. The molecule has 6 aliphatic heterocycles. The number of likely N-dealkylation sites (tertiary alicyclic amines) is 1. The van der Waals surface area contributed by atoms with E-state index >= 15 is 4.79 Å². The Morgan fingerprint density at radius 2 is 1.82 bits per heavy atom. The van der Waals surface area contributed by atoms with Crippen molar-refractivity contribution in [3.05, 3.63) is 52.1 Å². The van der Waals surface area contributed by atoms with E-state index in [1.807, 2.05) is 11.6 Å². The van der Waals surface area contributed by atoms with Crippen molar-refractivity contribution in [3.63, 3.8) is 0 Å². The zero-order valence-electron chi connectivity index (χ0n) is 43.4. The average Bonchev–Trinajstić information content (AvgIpc) is 3.82. The van der Waals surface area contributed by atoms with Gasteiger partial charge < -0.3 is 38.5 Å². The predicted molar refractivity (Wildman–Crippen MR) is 279 cm³/mol. The molecule has 396 valence electrons. The molecule has 18 nitrogen and oxygen atoms in total. The Morgan fingerprint density at radius 3 is 2.55 bits per heavy atom. The smallest absolute Gasteiger partial charge is 0.324 e. The van der Waals surface area contributed by atoms with Crippen LogP contribution in [0.15, 0.2) is 35.8 Å². The second-order valence-corrected chi connectivity index (χ2v) is 23.1. The SMILES string of the molecule is CO[C@@H](C)c1ncc(N2CCN(C3CC3)CC2)cc1-c1c2c3cc(ccc3n1CCOC1CCOCC1)-c1csc(n1)[C@@H](N1CC[C@@H](C#N)C1)[C@H](NC(=O)[C@@H]1CCO1)C(=O)N1CCC[C@H](N1)C(=O)OCC(C)(C)C2. The average molecular weight is 1030 g/mol. The van der Waals surface area contributed by atoms with E-state index in [0.29, 0.717) is 89.7 Å². The van der Waals surface area contributed by atoms with E-state index in [1.54, 1.807) is 7.11 Å². The van der Waals surface area contributed by atoms with Gasteiger partial charge in [-0.15, -0.1) is 11.3 Å². The van der Waals surface area contributed by atoms with Gasteiger partial charge in [0.2, 0.25) is 5.91 Å². The van der Waals surface area contributed by atoms with Gasteiger partial charge in [-0.3, -0.25) is 34.2 Å². The van der Waals surface area contributed by atoms with E-state index in [1.165, 1.54) is 29.2 Å². The molecule has 0 unspecified atom stereocenters. The molecule has 6 bridgehead atoms. The number of fused-ring (bicyclic) bond motifs is 6. The van der Waals surface area contributed by atoms with Crippen LogP contribution >= 0.6 is 11.3 Å². The number of aromatic nitrogens is 3. The van der Waals surface area contributed by atoms with Crippen LogP contribution in [0.25, 0.3) is 33.4 Å². The maximum atomic E-state index is 15.1. The fourth-order valence-electron chi connectivity index (χ4n) is 11.9. The van der Waals surface area contributed by atoms with E-state index < -0.39 is 35.6 Å². The predicted octanol–water partition coefficient (Wildman–Crippen LogP) is 5.80. The van der Waals surface area contributed by atoms with Crippen LogP contribution in [0.5, 0.6) is 0 Å². The van der Waals surface area contributed by atoms with Gasteiger partial charge in [0, 0.05) is 118 Å². The summed E-state index contributed by atoms with van der Waals surface area (Å²) in [6.45, 7) is 14.5. The van der Waals surface area contributed by atoms with Gasteiger partial charge in [-0.05, 0) is 82.1 Å². The van der Waals surface area contributed by atoms with Crippen LogP contribution < -0.4 is 15.6 Å². The number of anilines is 1. The molecule has 6 atom stereocenters. The monoisotopic (exact) mass is 1030 g/mol. The first-order valence-electron chi connectivity index (χ1n) is 27.1. The Labute approximate surface area is 437 Å². The number of pyridine rings is 1. The quantitative estimate of drug-likeness (QED) is 0.162. The van der Waals surface area contributed by atoms with Crippen molar-refractivity contribution in [2.24, 2.45) is 11.3 Å². The van der Waals surface area contributed by atoms with Gasteiger partial charge in [0.05, 0.1) is 79.0 Å². The standard InChI is InChI=1S/C55H72N10O8S/c1-34(69-4)47-41(27-38(30-57-47)62-19-17-61(18-20-62)37-8-9-37)49-42-28-55(2,3)33-73-54(68)43-6-5-15-65(60-43)53(67)48(59-51(66)46-14-24-72-46)50(63-16-11-35(29-56)31-63)52-58-44(32-74-52)36-7-10-45(40(42)26-36)64(49)21-25-71-39-12-22-70-23-13-39/h7,10,26-27,30,32,34-35,37,39,43,46,48,50,60H,5-6,8-9,11-25,28,31,33H2,1-4H3,(H,59,66)/t34-,35-,43-,46-,48-,50-/m0/s1. The lowest BCUT2D eigenvalue weighted by molar-refractivity contribution is -0.157.